The Morgan fingerprint density at radius 3 is 2.60 bits per heavy atom. The summed E-state index contributed by atoms with van der Waals surface area (Å²) in [7, 11) is 2.16. The third-order valence-corrected chi connectivity index (χ3v) is 4.05. The average molecular weight is 285 g/mol. The highest BCUT2D eigenvalue weighted by atomic mass is 16.5. The van der Waals surface area contributed by atoms with Gasteiger partial charge in [-0.3, -0.25) is 14.6 Å². The zero-order valence-electron chi connectivity index (χ0n) is 13.7. The van der Waals surface area contributed by atoms with Crippen molar-refractivity contribution in [1.29, 1.82) is 0 Å². The zero-order chi connectivity index (χ0) is 15.2. The fourth-order valence-electron chi connectivity index (χ4n) is 2.54. The minimum absolute atomic E-state index is 0.127. The second-order valence-corrected chi connectivity index (χ2v) is 6.23. The molecule has 0 amide bonds. The van der Waals surface area contributed by atoms with Crippen LogP contribution in [0.2, 0.25) is 0 Å². The quantitative estimate of drug-likeness (QED) is 0.706. The molecule has 0 aromatic carbocycles. The maximum absolute atomic E-state index is 12.0. The molecule has 1 heterocycles. The lowest BCUT2D eigenvalue weighted by molar-refractivity contribution is -0.146. The summed E-state index contributed by atoms with van der Waals surface area (Å²) in [5, 5.41) is 3.31. The standard InChI is InChI=1S/C15H31N3O2/c1-6-8-16-13(14(19)20-7-2)11-18-10-9-17(5)15(3,4)12-18/h13,16H,6-12H2,1-5H3. The Bertz CT molecular complexity index is 307. The summed E-state index contributed by atoms with van der Waals surface area (Å²) in [6.07, 6.45) is 1.02. The van der Waals surface area contributed by atoms with Crippen LogP contribution in [0.25, 0.3) is 0 Å². The SMILES string of the molecule is CCCNC(CN1CCN(C)C(C)(C)C1)C(=O)OCC. The van der Waals surface area contributed by atoms with Gasteiger partial charge in [-0.05, 0) is 40.8 Å². The number of likely N-dealkylation sites (N-methyl/N-ethyl adjacent to an activating group) is 1. The number of esters is 1. The molecule has 1 N–H and O–H groups in total. The highest BCUT2D eigenvalue weighted by Crippen LogP contribution is 2.18. The Hall–Kier alpha value is -0.650. The number of hydrogen-bond acceptors (Lipinski definition) is 5. The third-order valence-electron chi connectivity index (χ3n) is 4.05. The summed E-state index contributed by atoms with van der Waals surface area (Å²) in [5.41, 5.74) is 0.155. The lowest BCUT2D eigenvalue weighted by Crippen LogP contribution is -2.60. The van der Waals surface area contributed by atoms with Gasteiger partial charge in [0.15, 0.2) is 0 Å². The molecule has 1 aliphatic rings. The van der Waals surface area contributed by atoms with Crippen LogP contribution in [0.5, 0.6) is 0 Å². The number of carbonyl (C=O) groups is 1. The number of rotatable bonds is 7. The number of carbonyl (C=O) groups excluding carboxylic acids is 1. The minimum Gasteiger partial charge on any atom is -0.465 e. The maximum atomic E-state index is 12.0. The van der Waals surface area contributed by atoms with E-state index in [9.17, 15) is 4.79 Å². The predicted octanol–water partition coefficient (Wildman–Crippen LogP) is 0.944. The summed E-state index contributed by atoms with van der Waals surface area (Å²) in [4.78, 5) is 16.8. The molecule has 0 bridgehead atoms. The van der Waals surface area contributed by atoms with Crippen molar-refractivity contribution in [2.45, 2.75) is 45.7 Å². The first-order chi connectivity index (χ1) is 9.40. The van der Waals surface area contributed by atoms with E-state index >= 15 is 0 Å². The molecule has 1 atom stereocenters. The highest BCUT2D eigenvalue weighted by molar-refractivity contribution is 5.76. The van der Waals surface area contributed by atoms with E-state index in [0.29, 0.717) is 6.61 Å². The molecule has 1 aliphatic heterocycles. The smallest absolute Gasteiger partial charge is 0.324 e. The maximum Gasteiger partial charge on any atom is 0.324 e. The first-order valence-corrected chi connectivity index (χ1v) is 7.74. The largest absolute Gasteiger partial charge is 0.465 e. The molecule has 0 saturated carbocycles. The monoisotopic (exact) mass is 285 g/mol. The molecule has 20 heavy (non-hydrogen) atoms. The van der Waals surface area contributed by atoms with E-state index in [1.807, 2.05) is 6.92 Å². The first-order valence-electron chi connectivity index (χ1n) is 7.74. The molecule has 1 fully saturated rings. The van der Waals surface area contributed by atoms with Gasteiger partial charge >= 0.3 is 5.97 Å². The third kappa shape index (κ3) is 5.04. The van der Waals surface area contributed by atoms with Crippen LogP contribution in [-0.4, -0.2) is 73.7 Å². The van der Waals surface area contributed by atoms with Gasteiger partial charge in [0.2, 0.25) is 0 Å². The van der Waals surface area contributed by atoms with E-state index in [1.54, 1.807) is 0 Å². The summed E-state index contributed by atoms with van der Waals surface area (Å²) in [5.74, 6) is -0.127. The van der Waals surface area contributed by atoms with Crippen molar-refractivity contribution in [2.75, 3.05) is 46.4 Å². The molecular formula is C15H31N3O2. The van der Waals surface area contributed by atoms with Gasteiger partial charge in [0, 0.05) is 31.7 Å². The van der Waals surface area contributed by atoms with Crippen LogP contribution < -0.4 is 5.32 Å². The summed E-state index contributed by atoms with van der Waals surface area (Å²) in [6.45, 7) is 13.5. The number of piperazine rings is 1. The van der Waals surface area contributed by atoms with Gasteiger partial charge in [0.05, 0.1) is 6.61 Å². The van der Waals surface area contributed by atoms with Gasteiger partial charge in [0.1, 0.15) is 6.04 Å². The molecule has 1 saturated heterocycles. The Morgan fingerprint density at radius 1 is 1.35 bits per heavy atom. The topological polar surface area (TPSA) is 44.8 Å². The van der Waals surface area contributed by atoms with E-state index in [-0.39, 0.29) is 17.6 Å². The number of ether oxygens (including phenoxy) is 1. The van der Waals surface area contributed by atoms with Gasteiger partial charge < -0.3 is 10.1 Å². The van der Waals surface area contributed by atoms with Crippen molar-refractivity contribution in [3.05, 3.63) is 0 Å². The number of nitrogens with zero attached hydrogens (tertiary/aromatic N) is 2. The van der Waals surface area contributed by atoms with Crippen molar-refractivity contribution in [3.63, 3.8) is 0 Å². The number of hydrogen-bond donors (Lipinski definition) is 1. The Morgan fingerprint density at radius 2 is 2.05 bits per heavy atom. The molecule has 1 unspecified atom stereocenters. The molecule has 0 spiro atoms. The van der Waals surface area contributed by atoms with E-state index in [4.69, 9.17) is 4.74 Å². The van der Waals surface area contributed by atoms with Crippen LogP contribution in [-0.2, 0) is 9.53 Å². The molecule has 5 heteroatoms. The second kappa shape index (κ2) is 7.96. The number of nitrogens with one attached hydrogen (secondary N) is 1. The molecule has 5 nitrogen and oxygen atoms in total. The fraction of sp³-hybridized carbons (Fsp3) is 0.933. The molecule has 0 aromatic rings. The zero-order valence-corrected chi connectivity index (χ0v) is 13.7. The van der Waals surface area contributed by atoms with Crippen LogP contribution in [0.1, 0.15) is 34.1 Å². The average Bonchev–Trinajstić information content (AvgIpc) is 2.38. The summed E-state index contributed by atoms with van der Waals surface area (Å²) < 4.78 is 5.18. The minimum atomic E-state index is -0.214. The first kappa shape index (κ1) is 17.4. The van der Waals surface area contributed by atoms with Gasteiger partial charge in [-0.25, -0.2) is 0 Å². The van der Waals surface area contributed by atoms with Gasteiger partial charge in [0.25, 0.3) is 0 Å². The van der Waals surface area contributed by atoms with Crippen LogP contribution in [0, 0.1) is 0 Å². The fourth-order valence-corrected chi connectivity index (χ4v) is 2.54. The molecule has 118 valence electrons. The van der Waals surface area contributed by atoms with E-state index < -0.39 is 0 Å². The molecule has 0 aliphatic carbocycles. The molecule has 1 rings (SSSR count). The Labute approximate surface area is 123 Å². The van der Waals surface area contributed by atoms with Gasteiger partial charge in [-0.15, -0.1) is 0 Å². The predicted molar refractivity (Wildman–Crippen MR) is 81.9 cm³/mol. The van der Waals surface area contributed by atoms with E-state index in [1.165, 1.54) is 0 Å². The van der Waals surface area contributed by atoms with Crippen molar-refractivity contribution < 1.29 is 9.53 Å². The Kier molecular flexibility index (Phi) is 6.92. The Balaban J connectivity index is 2.58. The normalized spacial score (nSPS) is 21.6. The van der Waals surface area contributed by atoms with Crippen molar-refractivity contribution in [2.24, 2.45) is 0 Å². The van der Waals surface area contributed by atoms with Crippen molar-refractivity contribution >= 4 is 5.97 Å². The molecule has 0 radical (unpaired) electrons. The van der Waals surface area contributed by atoms with Crippen molar-refractivity contribution in [1.82, 2.24) is 15.1 Å². The lowest BCUT2D eigenvalue weighted by Gasteiger charge is -2.46. The van der Waals surface area contributed by atoms with Gasteiger partial charge in [-0.1, -0.05) is 6.92 Å². The van der Waals surface area contributed by atoms with E-state index in [2.05, 4.69) is 42.9 Å². The summed E-state index contributed by atoms with van der Waals surface area (Å²) in [6, 6.07) is -0.214. The van der Waals surface area contributed by atoms with Crippen LogP contribution in [0.3, 0.4) is 0 Å². The highest BCUT2D eigenvalue weighted by Gasteiger charge is 2.33. The summed E-state index contributed by atoms with van der Waals surface area (Å²) >= 11 is 0. The van der Waals surface area contributed by atoms with Gasteiger partial charge in [-0.2, -0.15) is 0 Å². The second-order valence-electron chi connectivity index (χ2n) is 6.23. The van der Waals surface area contributed by atoms with Crippen LogP contribution in [0.15, 0.2) is 0 Å². The lowest BCUT2D eigenvalue weighted by atomic mass is 9.99. The van der Waals surface area contributed by atoms with Crippen molar-refractivity contribution in [3.8, 4) is 0 Å². The van der Waals surface area contributed by atoms with Crippen LogP contribution >= 0.6 is 0 Å². The van der Waals surface area contributed by atoms with Crippen LogP contribution in [0.4, 0.5) is 0 Å². The molecule has 0 aromatic heterocycles. The molecular weight excluding hydrogens is 254 g/mol. The van der Waals surface area contributed by atoms with E-state index in [0.717, 1.165) is 39.1 Å².